The molecule has 0 saturated carbocycles. The van der Waals surface area contributed by atoms with Gasteiger partial charge in [-0.3, -0.25) is 0 Å². The van der Waals surface area contributed by atoms with Gasteiger partial charge >= 0.3 is 0 Å². The van der Waals surface area contributed by atoms with E-state index in [9.17, 15) is 8.42 Å². The van der Waals surface area contributed by atoms with Crippen molar-refractivity contribution in [1.82, 2.24) is 10.0 Å². The monoisotopic (exact) mass is 274 g/mol. The Bertz CT molecular complexity index is 504. The molecule has 18 heavy (non-hydrogen) atoms. The van der Waals surface area contributed by atoms with E-state index in [1.165, 1.54) is 0 Å². The van der Waals surface area contributed by atoms with E-state index in [0.717, 1.165) is 0 Å². The zero-order valence-corrected chi connectivity index (χ0v) is 12.4. The van der Waals surface area contributed by atoms with Crippen LogP contribution in [0.3, 0.4) is 0 Å². The summed E-state index contributed by atoms with van der Waals surface area (Å²) in [5.74, 6) is 1.35. The van der Waals surface area contributed by atoms with Crippen LogP contribution in [0.1, 0.15) is 30.9 Å². The SMILES string of the molecule is CNCc1c(C)oc(C)c1S(=O)(=O)NCC(C)C. The van der Waals surface area contributed by atoms with Crippen LogP contribution in [0.4, 0.5) is 0 Å². The van der Waals surface area contributed by atoms with Gasteiger partial charge in [0.2, 0.25) is 10.0 Å². The Balaban J connectivity index is 3.14. The molecule has 2 N–H and O–H groups in total. The Morgan fingerprint density at radius 3 is 2.33 bits per heavy atom. The molecule has 0 aromatic carbocycles. The molecule has 0 unspecified atom stereocenters. The van der Waals surface area contributed by atoms with E-state index in [1.54, 1.807) is 20.9 Å². The first kappa shape index (κ1) is 15.2. The molecule has 0 bridgehead atoms. The standard InChI is InChI=1S/C12H22N2O3S/c1-8(2)6-14-18(15,16)12-10(4)17-9(3)11(12)7-13-5/h8,13-14H,6-7H2,1-5H3. The predicted octanol–water partition coefficient (Wildman–Crippen LogP) is 1.55. The lowest BCUT2D eigenvalue weighted by molar-refractivity contribution is 0.492. The van der Waals surface area contributed by atoms with Gasteiger partial charge in [-0.15, -0.1) is 0 Å². The molecule has 0 spiro atoms. The normalized spacial score (nSPS) is 12.3. The van der Waals surface area contributed by atoms with Gasteiger partial charge in [0.05, 0.1) is 0 Å². The number of hydrogen-bond donors (Lipinski definition) is 2. The molecule has 0 aliphatic rings. The summed E-state index contributed by atoms with van der Waals surface area (Å²) in [5.41, 5.74) is 0.700. The average molecular weight is 274 g/mol. The van der Waals surface area contributed by atoms with Crippen molar-refractivity contribution in [3.8, 4) is 0 Å². The Morgan fingerprint density at radius 1 is 1.22 bits per heavy atom. The van der Waals surface area contributed by atoms with Gasteiger partial charge < -0.3 is 9.73 Å². The second-order valence-corrected chi connectivity index (χ2v) is 6.50. The molecule has 0 radical (unpaired) electrons. The molecular formula is C12H22N2O3S. The van der Waals surface area contributed by atoms with E-state index in [-0.39, 0.29) is 10.8 Å². The highest BCUT2D eigenvalue weighted by molar-refractivity contribution is 7.89. The van der Waals surface area contributed by atoms with E-state index in [0.29, 0.717) is 30.2 Å². The summed E-state index contributed by atoms with van der Waals surface area (Å²) >= 11 is 0. The fraction of sp³-hybridized carbons (Fsp3) is 0.667. The zero-order valence-electron chi connectivity index (χ0n) is 11.6. The highest BCUT2D eigenvalue weighted by Gasteiger charge is 2.26. The number of hydrogen-bond acceptors (Lipinski definition) is 4. The maximum absolute atomic E-state index is 12.3. The maximum Gasteiger partial charge on any atom is 0.244 e. The van der Waals surface area contributed by atoms with Crippen LogP contribution in [0.5, 0.6) is 0 Å². The lowest BCUT2D eigenvalue weighted by Crippen LogP contribution is -2.29. The molecule has 0 atom stereocenters. The number of furan rings is 1. The molecule has 0 saturated heterocycles. The van der Waals surface area contributed by atoms with Gasteiger partial charge in [0.25, 0.3) is 0 Å². The fourth-order valence-corrected chi connectivity index (χ4v) is 3.45. The molecule has 1 aromatic rings. The minimum Gasteiger partial charge on any atom is -0.465 e. The van der Waals surface area contributed by atoms with Crippen LogP contribution in [0, 0.1) is 19.8 Å². The topological polar surface area (TPSA) is 71.3 Å². The van der Waals surface area contributed by atoms with E-state index in [4.69, 9.17) is 4.42 Å². The summed E-state index contributed by atoms with van der Waals surface area (Å²) in [7, 11) is -1.72. The lowest BCUT2D eigenvalue weighted by atomic mass is 10.2. The molecule has 104 valence electrons. The van der Waals surface area contributed by atoms with Crippen molar-refractivity contribution in [2.45, 2.75) is 39.1 Å². The van der Waals surface area contributed by atoms with E-state index < -0.39 is 10.0 Å². The molecule has 0 amide bonds. The van der Waals surface area contributed by atoms with Gasteiger partial charge in [-0.25, -0.2) is 13.1 Å². The van der Waals surface area contributed by atoms with Crippen molar-refractivity contribution < 1.29 is 12.8 Å². The molecule has 1 heterocycles. The van der Waals surface area contributed by atoms with E-state index in [2.05, 4.69) is 10.0 Å². The first-order chi connectivity index (χ1) is 8.29. The van der Waals surface area contributed by atoms with Crippen LogP contribution in [-0.2, 0) is 16.6 Å². The minimum atomic E-state index is -3.50. The van der Waals surface area contributed by atoms with Crippen LogP contribution in [-0.4, -0.2) is 22.0 Å². The van der Waals surface area contributed by atoms with Crippen molar-refractivity contribution in [2.75, 3.05) is 13.6 Å². The van der Waals surface area contributed by atoms with Crippen molar-refractivity contribution >= 4 is 10.0 Å². The molecule has 0 aliphatic carbocycles. The van der Waals surface area contributed by atoms with Crippen molar-refractivity contribution in [3.63, 3.8) is 0 Å². The van der Waals surface area contributed by atoms with Crippen LogP contribution in [0.25, 0.3) is 0 Å². The molecule has 0 fully saturated rings. The first-order valence-electron chi connectivity index (χ1n) is 6.02. The third-order valence-corrected chi connectivity index (χ3v) is 4.25. The summed E-state index contributed by atoms with van der Waals surface area (Å²) in [6.07, 6.45) is 0. The van der Waals surface area contributed by atoms with Gasteiger partial charge in [0, 0.05) is 18.7 Å². The number of sulfonamides is 1. The largest absolute Gasteiger partial charge is 0.465 e. The second kappa shape index (κ2) is 5.86. The van der Waals surface area contributed by atoms with Crippen molar-refractivity contribution in [1.29, 1.82) is 0 Å². The Morgan fingerprint density at radius 2 is 1.83 bits per heavy atom. The van der Waals surface area contributed by atoms with E-state index >= 15 is 0 Å². The third-order valence-electron chi connectivity index (χ3n) is 2.63. The smallest absolute Gasteiger partial charge is 0.244 e. The lowest BCUT2D eigenvalue weighted by Gasteiger charge is -2.10. The zero-order chi connectivity index (χ0) is 13.9. The summed E-state index contributed by atoms with van der Waals surface area (Å²) in [6, 6.07) is 0. The highest BCUT2D eigenvalue weighted by Crippen LogP contribution is 2.26. The third kappa shape index (κ3) is 3.34. The van der Waals surface area contributed by atoms with Crippen LogP contribution in [0.2, 0.25) is 0 Å². The van der Waals surface area contributed by atoms with Gasteiger partial charge in [-0.1, -0.05) is 13.8 Å². The second-order valence-electron chi connectivity index (χ2n) is 4.80. The Hall–Kier alpha value is -0.850. The van der Waals surface area contributed by atoms with Crippen molar-refractivity contribution in [3.05, 3.63) is 17.1 Å². The highest BCUT2D eigenvalue weighted by atomic mass is 32.2. The van der Waals surface area contributed by atoms with Crippen LogP contribution in [0.15, 0.2) is 9.31 Å². The van der Waals surface area contributed by atoms with Gasteiger partial charge in [0.1, 0.15) is 16.4 Å². The fourth-order valence-electron chi connectivity index (χ4n) is 1.79. The van der Waals surface area contributed by atoms with Crippen LogP contribution < -0.4 is 10.0 Å². The summed E-state index contributed by atoms with van der Waals surface area (Å²) in [6.45, 7) is 8.28. The van der Waals surface area contributed by atoms with Gasteiger partial charge in [-0.2, -0.15) is 0 Å². The van der Waals surface area contributed by atoms with Crippen molar-refractivity contribution in [2.24, 2.45) is 5.92 Å². The molecule has 1 aromatic heterocycles. The number of rotatable bonds is 6. The Labute approximate surface area is 109 Å². The first-order valence-corrected chi connectivity index (χ1v) is 7.51. The van der Waals surface area contributed by atoms with Crippen LogP contribution >= 0.6 is 0 Å². The average Bonchev–Trinajstić information content (AvgIpc) is 2.52. The van der Waals surface area contributed by atoms with E-state index in [1.807, 2.05) is 13.8 Å². The Kier molecular flexibility index (Phi) is 4.95. The molecule has 5 nitrogen and oxygen atoms in total. The molecular weight excluding hydrogens is 252 g/mol. The quantitative estimate of drug-likeness (QED) is 0.825. The predicted molar refractivity (Wildman–Crippen MR) is 71.0 cm³/mol. The summed E-state index contributed by atoms with van der Waals surface area (Å²) in [4.78, 5) is 0.273. The molecule has 1 rings (SSSR count). The summed E-state index contributed by atoms with van der Waals surface area (Å²) < 4.78 is 32.6. The summed E-state index contributed by atoms with van der Waals surface area (Å²) in [5, 5.41) is 2.96. The minimum absolute atomic E-state index is 0.265. The number of nitrogens with one attached hydrogen (secondary N) is 2. The molecule has 6 heteroatoms. The van der Waals surface area contributed by atoms with Gasteiger partial charge in [0.15, 0.2) is 0 Å². The number of aryl methyl sites for hydroxylation is 2. The van der Waals surface area contributed by atoms with Gasteiger partial charge in [-0.05, 0) is 26.8 Å². The maximum atomic E-state index is 12.3. The molecule has 0 aliphatic heterocycles.